The molecule has 1 fully saturated rings. The van der Waals surface area contributed by atoms with Crippen LogP contribution in [-0.2, 0) is 23.8 Å². The molecular weight excluding hydrogens is 212 g/mol. The van der Waals surface area contributed by atoms with Crippen LogP contribution in [0.3, 0.4) is 0 Å². The topological polar surface area (TPSA) is 65.1 Å². The van der Waals surface area contributed by atoms with E-state index >= 15 is 0 Å². The van der Waals surface area contributed by atoms with E-state index in [0.29, 0.717) is 13.2 Å². The van der Waals surface area contributed by atoms with Gasteiger partial charge in [0.2, 0.25) is 0 Å². The molecule has 16 heavy (non-hydrogen) atoms. The van der Waals surface area contributed by atoms with Crippen LogP contribution in [0.4, 0.5) is 0 Å². The monoisotopic (exact) mass is 230 g/mol. The van der Waals surface area contributed by atoms with Crippen molar-refractivity contribution < 1.29 is 23.8 Å². The summed E-state index contributed by atoms with van der Waals surface area (Å²) in [6, 6.07) is 0. The lowest BCUT2D eigenvalue weighted by Crippen LogP contribution is -2.17. The Hall–Kier alpha value is -1.10. The highest BCUT2D eigenvalue weighted by Crippen LogP contribution is 2.09. The zero-order valence-corrected chi connectivity index (χ0v) is 9.73. The average molecular weight is 230 g/mol. The van der Waals surface area contributed by atoms with Gasteiger partial charge in [-0.05, 0) is 6.42 Å². The third-order valence-corrected chi connectivity index (χ3v) is 2.40. The van der Waals surface area contributed by atoms with Crippen LogP contribution in [0.1, 0.15) is 26.7 Å². The van der Waals surface area contributed by atoms with Gasteiger partial charge in [0, 0.05) is 0 Å². The summed E-state index contributed by atoms with van der Waals surface area (Å²) in [5.41, 5.74) is 0. The molecule has 0 radical (unpaired) electrons. The van der Waals surface area contributed by atoms with Crippen molar-refractivity contribution in [2.75, 3.05) is 19.8 Å². The van der Waals surface area contributed by atoms with Gasteiger partial charge >= 0.3 is 11.9 Å². The quantitative estimate of drug-likeness (QED) is 0.480. The molecule has 92 valence electrons. The molecule has 1 saturated heterocycles. The molecule has 0 bridgehead atoms. The van der Waals surface area contributed by atoms with Crippen LogP contribution in [0.2, 0.25) is 0 Å². The minimum Gasteiger partial charge on any atom is -0.465 e. The van der Waals surface area contributed by atoms with E-state index in [-0.39, 0.29) is 37.0 Å². The first-order valence-corrected chi connectivity index (χ1v) is 5.57. The third kappa shape index (κ3) is 5.11. The second-order valence-electron chi connectivity index (χ2n) is 3.87. The molecule has 2 atom stereocenters. The van der Waals surface area contributed by atoms with Crippen LogP contribution in [0.15, 0.2) is 0 Å². The van der Waals surface area contributed by atoms with Crippen LogP contribution >= 0.6 is 0 Å². The van der Waals surface area contributed by atoms with Gasteiger partial charge in [0.25, 0.3) is 0 Å². The first-order chi connectivity index (χ1) is 7.63. The molecule has 1 rings (SSSR count). The number of epoxide rings is 1. The Morgan fingerprint density at radius 1 is 1.44 bits per heavy atom. The van der Waals surface area contributed by atoms with Crippen LogP contribution < -0.4 is 0 Å². The lowest BCUT2D eigenvalue weighted by Gasteiger charge is -2.08. The second-order valence-corrected chi connectivity index (χ2v) is 3.87. The van der Waals surface area contributed by atoms with E-state index in [1.54, 1.807) is 6.92 Å². The number of carbonyl (C=O) groups is 2. The third-order valence-electron chi connectivity index (χ3n) is 2.40. The lowest BCUT2D eigenvalue weighted by atomic mass is 10.1. The number of hydrogen-bond donors (Lipinski definition) is 0. The molecule has 0 saturated carbocycles. The highest BCUT2D eigenvalue weighted by atomic mass is 16.6. The number of esters is 2. The number of carbonyl (C=O) groups excluding carboxylic acids is 2. The van der Waals surface area contributed by atoms with E-state index in [4.69, 9.17) is 14.2 Å². The lowest BCUT2D eigenvalue weighted by molar-refractivity contribution is -0.152. The fraction of sp³-hybridized carbons (Fsp3) is 0.818. The summed E-state index contributed by atoms with van der Waals surface area (Å²) in [4.78, 5) is 22.4. The van der Waals surface area contributed by atoms with Gasteiger partial charge in [0.1, 0.15) is 19.3 Å². The largest absolute Gasteiger partial charge is 0.465 e. The maximum absolute atomic E-state index is 11.2. The molecule has 0 amide bonds. The van der Waals surface area contributed by atoms with Crippen molar-refractivity contribution in [1.29, 1.82) is 0 Å². The Labute approximate surface area is 95.0 Å². The first kappa shape index (κ1) is 13.0. The van der Waals surface area contributed by atoms with Crippen molar-refractivity contribution in [3.63, 3.8) is 0 Å². The van der Waals surface area contributed by atoms with Gasteiger partial charge in [0.15, 0.2) is 0 Å². The first-order valence-electron chi connectivity index (χ1n) is 5.57. The van der Waals surface area contributed by atoms with Crippen molar-refractivity contribution in [3.05, 3.63) is 0 Å². The number of hydrogen-bond acceptors (Lipinski definition) is 5. The molecule has 0 aromatic carbocycles. The van der Waals surface area contributed by atoms with Crippen molar-refractivity contribution >= 4 is 11.9 Å². The van der Waals surface area contributed by atoms with Crippen LogP contribution in [0, 0.1) is 5.92 Å². The van der Waals surface area contributed by atoms with Gasteiger partial charge in [-0.1, -0.05) is 13.8 Å². The molecular formula is C11H18O5. The normalized spacial score (nSPS) is 20.0. The molecule has 0 spiro atoms. The predicted octanol–water partition coefficient (Wildman–Crippen LogP) is 0.908. The zero-order valence-electron chi connectivity index (χ0n) is 9.73. The Bertz CT molecular complexity index is 247. The Morgan fingerprint density at radius 3 is 2.69 bits per heavy atom. The summed E-state index contributed by atoms with van der Waals surface area (Å²) in [5.74, 6) is -0.732. The molecule has 0 aliphatic carbocycles. The fourth-order valence-corrected chi connectivity index (χ4v) is 0.966. The molecule has 0 aromatic rings. The fourth-order valence-electron chi connectivity index (χ4n) is 0.966. The maximum atomic E-state index is 11.2. The molecule has 0 aromatic heterocycles. The van der Waals surface area contributed by atoms with Crippen molar-refractivity contribution in [3.8, 4) is 0 Å². The molecule has 2 unspecified atom stereocenters. The van der Waals surface area contributed by atoms with Crippen LogP contribution in [0.25, 0.3) is 0 Å². The summed E-state index contributed by atoms with van der Waals surface area (Å²) < 4.78 is 14.7. The summed E-state index contributed by atoms with van der Waals surface area (Å²) >= 11 is 0. The summed E-state index contributed by atoms with van der Waals surface area (Å²) in [5, 5.41) is 0. The van der Waals surface area contributed by atoms with Crippen molar-refractivity contribution in [2.45, 2.75) is 32.8 Å². The van der Waals surface area contributed by atoms with Crippen LogP contribution in [-0.4, -0.2) is 37.9 Å². The highest BCUT2D eigenvalue weighted by Gasteiger charge is 2.24. The second kappa shape index (κ2) is 6.48. The van der Waals surface area contributed by atoms with Gasteiger partial charge in [0.05, 0.1) is 18.9 Å². The standard InChI is InChI=1S/C11H18O5/c1-3-8(2)11(13)14-5-4-10(12)16-7-9-6-15-9/h8-9H,3-7H2,1-2H3. The van der Waals surface area contributed by atoms with Crippen molar-refractivity contribution in [2.24, 2.45) is 5.92 Å². The Morgan fingerprint density at radius 2 is 2.12 bits per heavy atom. The molecule has 0 N–H and O–H groups in total. The van der Waals surface area contributed by atoms with Gasteiger partial charge in [-0.15, -0.1) is 0 Å². The van der Waals surface area contributed by atoms with Gasteiger partial charge in [-0.25, -0.2) is 0 Å². The van der Waals surface area contributed by atoms with E-state index in [1.807, 2.05) is 6.92 Å². The number of rotatable bonds is 7. The predicted molar refractivity (Wildman–Crippen MR) is 55.7 cm³/mol. The van der Waals surface area contributed by atoms with Crippen LogP contribution in [0.5, 0.6) is 0 Å². The van der Waals surface area contributed by atoms with Gasteiger partial charge in [-0.3, -0.25) is 9.59 Å². The van der Waals surface area contributed by atoms with E-state index in [9.17, 15) is 9.59 Å². The summed E-state index contributed by atoms with van der Waals surface area (Å²) in [7, 11) is 0. The maximum Gasteiger partial charge on any atom is 0.309 e. The van der Waals surface area contributed by atoms with E-state index < -0.39 is 0 Å². The minimum absolute atomic E-state index is 0.0756. The molecule has 1 heterocycles. The van der Waals surface area contributed by atoms with E-state index in [0.717, 1.165) is 6.42 Å². The smallest absolute Gasteiger partial charge is 0.309 e. The SMILES string of the molecule is CCC(C)C(=O)OCCC(=O)OCC1CO1. The van der Waals surface area contributed by atoms with Crippen molar-refractivity contribution in [1.82, 2.24) is 0 Å². The minimum atomic E-state index is -0.354. The average Bonchev–Trinajstić information content (AvgIpc) is 3.08. The molecule has 5 heteroatoms. The molecule has 1 aliphatic rings. The van der Waals surface area contributed by atoms with Gasteiger partial charge < -0.3 is 14.2 Å². The van der Waals surface area contributed by atoms with E-state index in [2.05, 4.69) is 0 Å². The summed E-state index contributed by atoms with van der Waals surface area (Å²) in [6.07, 6.45) is 0.920. The number of ether oxygens (including phenoxy) is 3. The summed E-state index contributed by atoms with van der Waals surface area (Å²) in [6.45, 7) is 4.77. The van der Waals surface area contributed by atoms with E-state index in [1.165, 1.54) is 0 Å². The van der Waals surface area contributed by atoms with Gasteiger partial charge in [-0.2, -0.15) is 0 Å². The highest BCUT2D eigenvalue weighted by molar-refractivity contribution is 5.73. The zero-order chi connectivity index (χ0) is 12.0. The Balaban J connectivity index is 2.00. The Kier molecular flexibility index (Phi) is 5.25. The molecule has 5 nitrogen and oxygen atoms in total. The molecule has 1 aliphatic heterocycles.